The molecular weight excluding hydrogens is 114 g/mol. The van der Waals surface area contributed by atoms with E-state index in [9.17, 15) is 0 Å². The third kappa shape index (κ3) is 2.03. The highest BCUT2D eigenvalue weighted by molar-refractivity contribution is 4.96. The Morgan fingerprint density at radius 2 is 2.11 bits per heavy atom. The maximum absolute atomic E-state index is 8.27. The second kappa shape index (κ2) is 3.47. The lowest BCUT2D eigenvalue weighted by Crippen LogP contribution is -2.15. The molecule has 1 heterocycles. The molecule has 0 spiro atoms. The summed E-state index contributed by atoms with van der Waals surface area (Å²) >= 11 is 0. The Morgan fingerprint density at radius 3 is 2.67 bits per heavy atom. The zero-order valence-corrected chi connectivity index (χ0v) is 5.34. The van der Waals surface area contributed by atoms with Crippen LogP contribution in [0.1, 0.15) is 12.8 Å². The summed E-state index contributed by atoms with van der Waals surface area (Å²) in [5.74, 6) is 0.490. The average Bonchev–Trinajstić information content (AvgIpc) is 1.91. The van der Waals surface area contributed by atoms with Gasteiger partial charge in [0.05, 0.1) is 12.5 Å². The van der Waals surface area contributed by atoms with Crippen molar-refractivity contribution in [3.8, 4) is 6.07 Å². The van der Waals surface area contributed by atoms with Gasteiger partial charge in [0.15, 0.2) is 0 Å². The molecule has 1 rings (SSSR count). The first kappa shape index (κ1) is 6.57. The van der Waals surface area contributed by atoms with Gasteiger partial charge in [0.1, 0.15) is 0 Å². The van der Waals surface area contributed by atoms with E-state index < -0.39 is 0 Å². The van der Waals surface area contributed by atoms with Crippen LogP contribution in [0.3, 0.4) is 0 Å². The molecule has 0 aromatic heterocycles. The lowest BCUT2D eigenvalue weighted by Gasteiger charge is -2.18. The number of hydrogen-bond acceptors (Lipinski definition) is 2. The molecule has 1 aliphatic rings. The SMILES string of the molecule is N#C[CH]C1CCOCC1. The van der Waals surface area contributed by atoms with Crippen LogP contribution in [0.2, 0.25) is 0 Å². The Hall–Kier alpha value is -0.550. The Morgan fingerprint density at radius 1 is 1.44 bits per heavy atom. The summed E-state index contributed by atoms with van der Waals surface area (Å²) in [5, 5.41) is 8.27. The van der Waals surface area contributed by atoms with Crippen LogP contribution in [-0.4, -0.2) is 13.2 Å². The topological polar surface area (TPSA) is 33.0 Å². The molecule has 0 saturated carbocycles. The van der Waals surface area contributed by atoms with E-state index in [-0.39, 0.29) is 0 Å². The van der Waals surface area contributed by atoms with Crippen molar-refractivity contribution in [3.63, 3.8) is 0 Å². The molecule has 49 valence electrons. The molecule has 9 heavy (non-hydrogen) atoms. The molecule has 0 amide bonds. The van der Waals surface area contributed by atoms with Gasteiger partial charge in [-0.1, -0.05) is 0 Å². The smallest absolute Gasteiger partial charge is 0.0672 e. The predicted molar refractivity (Wildman–Crippen MR) is 33.5 cm³/mol. The lowest BCUT2D eigenvalue weighted by molar-refractivity contribution is 0.0760. The molecule has 0 bridgehead atoms. The van der Waals surface area contributed by atoms with Crippen molar-refractivity contribution >= 4 is 0 Å². The van der Waals surface area contributed by atoms with Gasteiger partial charge in [-0.2, -0.15) is 5.26 Å². The molecule has 0 aromatic rings. The largest absolute Gasteiger partial charge is 0.381 e. The molecule has 0 aromatic carbocycles. The monoisotopic (exact) mass is 124 g/mol. The average molecular weight is 124 g/mol. The summed E-state index contributed by atoms with van der Waals surface area (Å²) in [6.07, 6.45) is 3.75. The molecule has 0 aliphatic carbocycles. The highest BCUT2D eigenvalue weighted by atomic mass is 16.5. The first-order chi connectivity index (χ1) is 4.43. The highest BCUT2D eigenvalue weighted by Gasteiger charge is 2.12. The predicted octanol–water partition coefficient (Wildman–Crippen LogP) is 1.14. The van der Waals surface area contributed by atoms with Gasteiger partial charge in [0, 0.05) is 13.2 Å². The standard InChI is InChI=1S/C7H10NO/c8-4-1-7-2-5-9-6-3-7/h1,7H,2-3,5-6H2. The van der Waals surface area contributed by atoms with Gasteiger partial charge in [-0.3, -0.25) is 0 Å². The molecule has 0 atom stereocenters. The molecule has 0 N–H and O–H groups in total. The number of nitrogens with zero attached hydrogens (tertiary/aromatic N) is 1. The minimum Gasteiger partial charge on any atom is -0.381 e. The minimum atomic E-state index is 0.490. The summed E-state index contributed by atoms with van der Waals surface area (Å²) in [4.78, 5) is 0. The van der Waals surface area contributed by atoms with Crippen molar-refractivity contribution in [2.45, 2.75) is 12.8 Å². The van der Waals surface area contributed by atoms with Gasteiger partial charge in [0.25, 0.3) is 0 Å². The number of nitriles is 1. The summed E-state index contributed by atoms with van der Waals surface area (Å²) < 4.78 is 5.12. The van der Waals surface area contributed by atoms with Crippen molar-refractivity contribution in [2.75, 3.05) is 13.2 Å². The maximum atomic E-state index is 8.27. The van der Waals surface area contributed by atoms with Gasteiger partial charge in [-0.05, 0) is 18.8 Å². The summed E-state index contributed by atoms with van der Waals surface area (Å²) in [6.45, 7) is 1.64. The summed E-state index contributed by atoms with van der Waals surface area (Å²) in [7, 11) is 0. The van der Waals surface area contributed by atoms with E-state index in [0.29, 0.717) is 5.92 Å². The van der Waals surface area contributed by atoms with Crippen molar-refractivity contribution in [1.82, 2.24) is 0 Å². The van der Waals surface area contributed by atoms with E-state index in [1.807, 2.05) is 0 Å². The molecule has 2 nitrogen and oxygen atoms in total. The minimum absolute atomic E-state index is 0.490. The van der Waals surface area contributed by atoms with Crippen LogP contribution in [0.5, 0.6) is 0 Å². The Labute approximate surface area is 55.4 Å². The van der Waals surface area contributed by atoms with Crippen LogP contribution >= 0.6 is 0 Å². The van der Waals surface area contributed by atoms with E-state index in [4.69, 9.17) is 10.00 Å². The fraction of sp³-hybridized carbons (Fsp3) is 0.714. The van der Waals surface area contributed by atoms with E-state index in [0.717, 1.165) is 26.1 Å². The van der Waals surface area contributed by atoms with Crippen LogP contribution in [-0.2, 0) is 4.74 Å². The quantitative estimate of drug-likeness (QED) is 0.525. The molecule has 0 unspecified atom stereocenters. The Balaban J connectivity index is 2.17. The zero-order chi connectivity index (χ0) is 6.53. The zero-order valence-electron chi connectivity index (χ0n) is 5.34. The normalized spacial score (nSPS) is 21.2. The molecular formula is C7H10NO. The van der Waals surface area contributed by atoms with Crippen LogP contribution < -0.4 is 0 Å². The first-order valence-corrected chi connectivity index (χ1v) is 3.24. The fourth-order valence-electron chi connectivity index (χ4n) is 0.988. The maximum Gasteiger partial charge on any atom is 0.0672 e. The van der Waals surface area contributed by atoms with Gasteiger partial charge < -0.3 is 4.74 Å². The molecule has 1 aliphatic heterocycles. The van der Waals surface area contributed by atoms with Gasteiger partial charge in [-0.15, -0.1) is 0 Å². The van der Waals surface area contributed by atoms with E-state index in [1.165, 1.54) is 0 Å². The van der Waals surface area contributed by atoms with Gasteiger partial charge >= 0.3 is 0 Å². The molecule has 1 radical (unpaired) electrons. The first-order valence-electron chi connectivity index (χ1n) is 3.24. The summed E-state index contributed by atoms with van der Waals surface area (Å²) in [6, 6.07) is 2.06. The number of rotatable bonds is 1. The van der Waals surface area contributed by atoms with Crippen molar-refractivity contribution < 1.29 is 4.74 Å². The third-order valence-corrected chi connectivity index (χ3v) is 1.58. The second-order valence-electron chi connectivity index (χ2n) is 2.25. The fourth-order valence-corrected chi connectivity index (χ4v) is 0.988. The third-order valence-electron chi connectivity index (χ3n) is 1.58. The Bertz CT molecular complexity index is 111. The van der Waals surface area contributed by atoms with E-state index >= 15 is 0 Å². The summed E-state index contributed by atoms with van der Waals surface area (Å²) in [5.41, 5.74) is 0. The molecule has 1 saturated heterocycles. The van der Waals surface area contributed by atoms with Gasteiger partial charge in [-0.25, -0.2) is 0 Å². The molecule has 2 heteroatoms. The van der Waals surface area contributed by atoms with Crippen LogP contribution in [0, 0.1) is 23.7 Å². The number of hydrogen-bond donors (Lipinski definition) is 0. The van der Waals surface area contributed by atoms with E-state index in [2.05, 4.69) is 6.07 Å². The number of ether oxygens (including phenoxy) is 1. The molecule has 1 fully saturated rings. The van der Waals surface area contributed by atoms with Crippen molar-refractivity contribution in [2.24, 2.45) is 5.92 Å². The van der Waals surface area contributed by atoms with Gasteiger partial charge in [0.2, 0.25) is 0 Å². The Kier molecular flexibility index (Phi) is 2.53. The lowest BCUT2D eigenvalue weighted by atomic mass is 9.98. The van der Waals surface area contributed by atoms with Crippen LogP contribution in [0.25, 0.3) is 0 Å². The van der Waals surface area contributed by atoms with Crippen molar-refractivity contribution in [3.05, 3.63) is 6.42 Å². The second-order valence-corrected chi connectivity index (χ2v) is 2.25. The highest BCUT2D eigenvalue weighted by Crippen LogP contribution is 2.16. The van der Waals surface area contributed by atoms with E-state index in [1.54, 1.807) is 6.42 Å². The van der Waals surface area contributed by atoms with Crippen LogP contribution in [0.4, 0.5) is 0 Å². The van der Waals surface area contributed by atoms with Crippen molar-refractivity contribution in [1.29, 1.82) is 5.26 Å². The van der Waals surface area contributed by atoms with Crippen LogP contribution in [0.15, 0.2) is 0 Å².